The van der Waals surface area contributed by atoms with E-state index in [-0.39, 0.29) is 24.4 Å². The van der Waals surface area contributed by atoms with Gasteiger partial charge in [0.05, 0.1) is 25.5 Å². The zero-order chi connectivity index (χ0) is 23.1. The van der Waals surface area contributed by atoms with Crippen molar-refractivity contribution in [2.75, 3.05) is 33.9 Å². The number of benzene rings is 2. The van der Waals surface area contributed by atoms with Crippen molar-refractivity contribution in [1.82, 2.24) is 9.91 Å². The Morgan fingerprint density at radius 1 is 1.16 bits per heavy atom. The van der Waals surface area contributed by atoms with E-state index < -0.39 is 0 Å². The van der Waals surface area contributed by atoms with Crippen LogP contribution in [0.1, 0.15) is 42.5 Å². The SMILES string of the molecule is CCC(=O)N(CCOC)CC(=O)N1N=C(c2cccc(OC)c2)CC1c1ccc(C)cc1. The molecule has 0 saturated heterocycles. The molecule has 1 unspecified atom stereocenters. The molecule has 2 aromatic rings. The fourth-order valence-corrected chi connectivity index (χ4v) is 3.72. The molecule has 0 radical (unpaired) electrons. The lowest BCUT2D eigenvalue weighted by atomic mass is 9.97. The Kier molecular flexibility index (Phi) is 8.00. The summed E-state index contributed by atoms with van der Waals surface area (Å²) in [6.07, 6.45) is 0.915. The highest BCUT2D eigenvalue weighted by Gasteiger charge is 2.34. The number of carbonyl (C=O) groups excluding carboxylic acids is 2. The molecule has 0 fully saturated rings. The Labute approximate surface area is 189 Å². The number of hydrazone groups is 1. The van der Waals surface area contributed by atoms with E-state index in [1.165, 1.54) is 9.91 Å². The van der Waals surface area contributed by atoms with Crippen LogP contribution in [0.25, 0.3) is 0 Å². The van der Waals surface area contributed by atoms with Crippen LogP contribution in [0.2, 0.25) is 0 Å². The van der Waals surface area contributed by atoms with Gasteiger partial charge in [-0.2, -0.15) is 5.10 Å². The minimum Gasteiger partial charge on any atom is -0.497 e. The molecule has 3 rings (SSSR count). The zero-order valence-corrected chi connectivity index (χ0v) is 19.2. The van der Waals surface area contributed by atoms with Crippen LogP contribution in [-0.4, -0.2) is 61.4 Å². The Morgan fingerprint density at radius 3 is 2.56 bits per heavy atom. The topological polar surface area (TPSA) is 71.4 Å². The van der Waals surface area contributed by atoms with Crippen LogP contribution in [0.15, 0.2) is 53.6 Å². The molecule has 0 saturated carbocycles. The first-order valence-electron chi connectivity index (χ1n) is 10.8. The molecule has 0 N–H and O–H groups in total. The minimum atomic E-state index is -0.231. The summed E-state index contributed by atoms with van der Waals surface area (Å²) in [5.74, 6) is 0.436. The predicted octanol–water partition coefficient (Wildman–Crippen LogP) is 3.57. The number of methoxy groups -OCH3 is 2. The minimum absolute atomic E-state index is 0.0344. The molecule has 1 atom stereocenters. The van der Waals surface area contributed by atoms with E-state index in [1.807, 2.05) is 55.5 Å². The van der Waals surface area contributed by atoms with Crippen LogP contribution < -0.4 is 4.74 Å². The van der Waals surface area contributed by atoms with Crippen molar-refractivity contribution in [3.05, 3.63) is 65.2 Å². The first-order valence-corrected chi connectivity index (χ1v) is 10.8. The summed E-state index contributed by atoms with van der Waals surface area (Å²) in [6, 6.07) is 15.6. The standard InChI is InChI=1S/C25H31N3O4/c1-5-24(29)27(13-14-31-3)17-25(30)28-23(19-11-9-18(2)10-12-19)16-22(26-28)20-7-6-8-21(15-20)32-4/h6-12,15,23H,5,13-14,16-17H2,1-4H3. The van der Waals surface area contributed by atoms with Gasteiger partial charge in [0.1, 0.15) is 12.3 Å². The van der Waals surface area contributed by atoms with Crippen LogP contribution in [0, 0.1) is 6.92 Å². The second kappa shape index (κ2) is 10.9. The molecule has 170 valence electrons. The fourth-order valence-electron chi connectivity index (χ4n) is 3.72. The van der Waals surface area contributed by atoms with Gasteiger partial charge in [-0.25, -0.2) is 5.01 Å². The van der Waals surface area contributed by atoms with Crippen molar-refractivity contribution in [3.63, 3.8) is 0 Å². The molecular formula is C25H31N3O4. The lowest BCUT2D eigenvalue weighted by Gasteiger charge is -2.26. The molecule has 32 heavy (non-hydrogen) atoms. The summed E-state index contributed by atoms with van der Waals surface area (Å²) in [7, 11) is 3.20. The van der Waals surface area contributed by atoms with Crippen molar-refractivity contribution in [2.45, 2.75) is 32.7 Å². The molecule has 0 aliphatic carbocycles. The highest BCUT2D eigenvalue weighted by atomic mass is 16.5. The van der Waals surface area contributed by atoms with Crippen LogP contribution in [0.4, 0.5) is 0 Å². The smallest absolute Gasteiger partial charge is 0.262 e. The van der Waals surface area contributed by atoms with Crippen LogP contribution in [-0.2, 0) is 14.3 Å². The van der Waals surface area contributed by atoms with Gasteiger partial charge in [0.2, 0.25) is 5.91 Å². The van der Waals surface area contributed by atoms with Gasteiger partial charge in [-0.3, -0.25) is 9.59 Å². The number of ether oxygens (including phenoxy) is 2. The normalized spacial score (nSPS) is 15.4. The molecule has 1 aliphatic heterocycles. The lowest BCUT2D eigenvalue weighted by molar-refractivity contribution is -0.141. The number of rotatable bonds is 9. The van der Waals surface area contributed by atoms with Crippen LogP contribution in [0.3, 0.4) is 0 Å². The highest BCUT2D eigenvalue weighted by molar-refractivity contribution is 6.03. The van der Waals surface area contributed by atoms with E-state index in [2.05, 4.69) is 0 Å². The Hall–Kier alpha value is -3.19. The van der Waals surface area contributed by atoms with Crippen molar-refractivity contribution in [3.8, 4) is 5.75 Å². The second-order valence-corrected chi connectivity index (χ2v) is 7.81. The molecule has 0 bridgehead atoms. The van der Waals surface area contributed by atoms with Gasteiger partial charge in [0, 0.05) is 32.1 Å². The molecule has 1 aliphatic rings. The van der Waals surface area contributed by atoms with E-state index in [0.717, 1.165) is 28.2 Å². The Bertz CT molecular complexity index is 971. The van der Waals surface area contributed by atoms with Gasteiger partial charge in [0.25, 0.3) is 5.91 Å². The number of hydrogen-bond donors (Lipinski definition) is 0. The molecule has 7 heteroatoms. The van der Waals surface area contributed by atoms with Gasteiger partial charge < -0.3 is 14.4 Å². The number of aryl methyl sites for hydroxylation is 1. The number of amides is 2. The lowest BCUT2D eigenvalue weighted by Crippen LogP contribution is -2.42. The van der Waals surface area contributed by atoms with Crippen molar-refractivity contribution >= 4 is 17.5 Å². The third-order valence-electron chi connectivity index (χ3n) is 5.58. The van der Waals surface area contributed by atoms with Gasteiger partial charge >= 0.3 is 0 Å². The molecular weight excluding hydrogens is 406 g/mol. The Morgan fingerprint density at radius 2 is 1.91 bits per heavy atom. The zero-order valence-electron chi connectivity index (χ0n) is 19.2. The van der Waals surface area contributed by atoms with Gasteiger partial charge in [-0.15, -0.1) is 0 Å². The summed E-state index contributed by atoms with van der Waals surface area (Å²) >= 11 is 0. The average molecular weight is 438 g/mol. The monoisotopic (exact) mass is 437 g/mol. The van der Waals surface area contributed by atoms with E-state index >= 15 is 0 Å². The van der Waals surface area contributed by atoms with Crippen LogP contribution in [0.5, 0.6) is 5.75 Å². The quantitative estimate of drug-likeness (QED) is 0.601. The van der Waals surface area contributed by atoms with Crippen LogP contribution >= 0.6 is 0 Å². The average Bonchev–Trinajstić information content (AvgIpc) is 3.27. The maximum absolute atomic E-state index is 13.3. The summed E-state index contributed by atoms with van der Waals surface area (Å²) in [5.41, 5.74) is 3.89. The number of hydrogen-bond acceptors (Lipinski definition) is 5. The Balaban J connectivity index is 1.90. The van der Waals surface area contributed by atoms with Gasteiger partial charge in [-0.05, 0) is 24.6 Å². The number of nitrogens with zero attached hydrogens (tertiary/aromatic N) is 3. The first kappa shape index (κ1) is 23.5. The van der Waals surface area contributed by atoms with E-state index in [4.69, 9.17) is 14.6 Å². The summed E-state index contributed by atoms with van der Waals surface area (Å²) in [5, 5.41) is 6.24. The molecule has 7 nitrogen and oxygen atoms in total. The third-order valence-corrected chi connectivity index (χ3v) is 5.58. The van der Waals surface area contributed by atoms with Crippen molar-refractivity contribution in [1.29, 1.82) is 0 Å². The molecule has 2 aromatic carbocycles. The second-order valence-electron chi connectivity index (χ2n) is 7.81. The largest absolute Gasteiger partial charge is 0.497 e. The summed E-state index contributed by atoms with van der Waals surface area (Å²) in [4.78, 5) is 27.3. The highest BCUT2D eigenvalue weighted by Crippen LogP contribution is 2.33. The summed E-state index contributed by atoms with van der Waals surface area (Å²) in [6.45, 7) is 4.52. The molecule has 2 amide bonds. The molecule has 0 aromatic heterocycles. The number of carbonyl (C=O) groups is 2. The summed E-state index contributed by atoms with van der Waals surface area (Å²) < 4.78 is 10.5. The fraction of sp³-hybridized carbons (Fsp3) is 0.400. The van der Waals surface area contributed by atoms with E-state index in [9.17, 15) is 9.59 Å². The first-order chi connectivity index (χ1) is 15.5. The van der Waals surface area contributed by atoms with Crippen molar-refractivity contribution < 1.29 is 19.1 Å². The molecule has 0 spiro atoms. The van der Waals surface area contributed by atoms with E-state index in [0.29, 0.717) is 26.0 Å². The van der Waals surface area contributed by atoms with Gasteiger partial charge in [-0.1, -0.05) is 48.9 Å². The molecule has 1 heterocycles. The predicted molar refractivity (Wildman–Crippen MR) is 124 cm³/mol. The maximum atomic E-state index is 13.3. The maximum Gasteiger partial charge on any atom is 0.262 e. The van der Waals surface area contributed by atoms with E-state index in [1.54, 1.807) is 21.1 Å². The van der Waals surface area contributed by atoms with Gasteiger partial charge in [0.15, 0.2) is 0 Å². The third kappa shape index (κ3) is 5.53. The van der Waals surface area contributed by atoms with Crippen molar-refractivity contribution in [2.24, 2.45) is 5.10 Å².